The van der Waals surface area contributed by atoms with Crippen LogP contribution in [0.5, 0.6) is 0 Å². The van der Waals surface area contributed by atoms with Crippen molar-refractivity contribution in [2.45, 2.75) is 34.2 Å². The average molecular weight is 273 g/mol. The number of hydrogen-bond donors (Lipinski definition) is 1. The van der Waals surface area contributed by atoms with Crippen LogP contribution in [0.1, 0.15) is 38.8 Å². The predicted octanol–water partition coefficient (Wildman–Crippen LogP) is 3.40. The summed E-state index contributed by atoms with van der Waals surface area (Å²) in [6, 6.07) is 8.56. The average Bonchev–Trinajstić information content (AvgIpc) is 2.37. The molecule has 1 aromatic rings. The van der Waals surface area contributed by atoms with Crippen LogP contribution in [0.2, 0.25) is 0 Å². The number of nitrogens with one attached hydrogen (secondary N) is 1. The molecule has 0 saturated carbocycles. The van der Waals surface area contributed by atoms with Crippen LogP contribution in [0, 0.1) is 23.2 Å². The van der Waals surface area contributed by atoms with E-state index in [2.05, 4.69) is 56.1 Å². The number of anilines is 1. The Morgan fingerprint density at radius 3 is 2.20 bits per heavy atom. The smallest absolute Gasteiger partial charge is 0.101 e. The minimum absolute atomic E-state index is 0.581. The second-order valence-corrected chi connectivity index (χ2v) is 6.19. The van der Waals surface area contributed by atoms with Gasteiger partial charge < -0.3 is 10.2 Å². The van der Waals surface area contributed by atoms with Crippen molar-refractivity contribution in [1.82, 2.24) is 5.32 Å². The second kappa shape index (κ2) is 7.91. The highest BCUT2D eigenvalue weighted by Crippen LogP contribution is 2.23. The van der Waals surface area contributed by atoms with E-state index in [1.807, 2.05) is 13.1 Å². The molecule has 0 spiro atoms. The molecule has 0 radical (unpaired) electrons. The normalized spacial score (nSPS) is 10.9. The van der Waals surface area contributed by atoms with Crippen LogP contribution >= 0.6 is 0 Å². The molecule has 0 unspecified atom stereocenters. The third-order valence-corrected chi connectivity index (χ3v) is 3.07. The fraction of sp³-hybridized carbons (Fsp3) is 0.588. The van der Waals surface area contributed by atoms with E-state index in [0.717, 1.165) is 36.4 Å². The summed E-state index contributed by atoms with van der Waals surface area (Å²) in [6.45, 7) is 11.6. The van der Waals surface area contributed by atoms with Crippen molar-refractivity contribution < 1.29 is 0 Å². The molecule has 0 aliphatic rings. The van der Waals surface area contributed by atoms with Crippen molar-refractivity contribution in [2.75, 3.05) is 25.0 Å². The Bertz CT molecular complexity index is 448. The monoisotopic (exact) mass is 273 g/mol. The van der Waals surface area contributed by atoms with Crippen molar-refractivity contribution in [3.8, 4) is 6.07 Å². The summed E-state index contributed by atoms with van der Waals surface area (Å²) in [7, 11) is 1.92. The van der Waals surface area contributed by atoms with Crippen molar-refractivity contribution >= 4 is 5.69 Å². The molecular weight excluding hydrogens is 246 g/mol. The molecule has 1 rings (SSSR count). The molecule has 0 fully saturated rings. The molecule has 110 valence electrons. The molecule has 1 N–H and O–H groups in total. The van der Waals surface area contributed by atoms with Gasteiger partial charge in [-0.3, -0.25) is 0 Å². The first kappa shape index (κ1) is 16.5. The minimum Gasteiger partial charge on any atom is -0.370 e. The Kier molecular flexibility index (Phi) is 6.54. The molecule has 0 atom stereocenters. The third kappa shape index (κ3) is 4.86. The maximum absolute atomic E-state index is 9.43. The van der Waals surface area contributed by atoms with Gasteiger partial charge in [0.1, 0.15) is 6.07 Å². The number of rotatable bonds is 7. The van der Waals surface area contributed by atoms with Crippen LogP contribution in [-0.4, -0.2) is 20.1 Å². The molecule has 20 heavy (non-hydrogen) atoms. The molecule has 3 nitrogen and oxygen atoms in total. The molecule has 0 aromatic heterocycles. The Morgan fingerprint density at radius 1 is 1.15 bits per heavy atom. The van der Waals surface area contributed by atoms with Crippen molar-refractivity contribution in [3.05, 3.63) is 29.3 Å². The molecular formula is C17H27N3. The fourth-order valence-corrected chi connectivity index (χ4v) is 2.42. The number of benzene rings is 1. The van der Waals surface area contributed by atoms with Gasteiger partial charge in [-0.2, -0.15) is 5.26 Å². The number of hydrogen-bond acceptors (Lipinski definition) is 3. The van der Waals surface area contributed by atoms with E-state index in [1.54, 1.807) is 0 Å². The van der Waals surface area contributed by atoms with E-state index >= 15 is 0 Å². The molecule has 0 aliphatic carbocycles. The van der Waals surface area contributed by atoms with Crippen molar-refractivity contribution in [2.24, 2.45) is 11.8 Å². The first-order valence-electron chi connectivity index (χ1n) is 7.40. The molecule has 0 aliphatic heterocycles. The summed E-state index contributed by atoms with van der Waals surface area (Å²) in [5.41, 5.74) is 3.00. The van der Waals surface area contributed by atoms with Gasteiger partial charge in [-0.1, -0.05) is 33.8 Å². The predicted molar refractivity (Wildman–Crippen MR) is 85.8 cm³/mol. The van der Waals surface area contributed by atoms with E-state index in [4.69, 9.17) is 0 Å². The van der Waals surface area contributed by atoms with Crippen molar-refractivity contribution in [1.29, 1.82) is 5.26 Å². The molecule has 0 amide bonds. The maximum atomic E-state index is 9.43. The van der Waals surface area contributed by atoms with E-state index in [9.17, 15) is 5.26 Å². The van der Waals surface area contributed by atoms with Crippen LogP contribution in [0.3, 0.4) is 0 Å². The van der Waals surface area contributed by atoms with Crippen LogP contribution in [0.25, 0.3) is 0 Å². The summed E-state index contributed by atoms with van der Waals surface area (Å²) < 4.78 is 0. The van der Waals surface area contributed by atoms with Crippen LogP contribution in [0.4, 0.5) is 5.69 Å². The lowest BCUT2D eigenvalue weighted by molar-refractivity contribution is 0.552. The molecule has 0 saturated heterocycles. The standard InChI is InChI=1S/C17H27N3/c1-13(2)11-20(12-14(3)4)17-7-6-15(10-19-5)8-16(17)9-18/h6-8,13-14,19H,10-12H2,1-5H3. The highest BCUT2D eigenvalue weighted by atomic mass is 15.1. The molecule has 0 heterocycles. The summed E-state index contributed by atoms with van der Waals surface area (Å²) in [6.07, 6.45) is 0. The van der Waals surface area contributed by atoms with Crippen LogP contribution in [0.15, 0.2) is 18.2 Å². The minimum atomic E-state index is 0.581. The molecule has 0 bridgehead atoms. The van der Waals surface area contributed by atoms with Gasteiger partial charge >= 0.3 is 0 Å². The largest absolute Gasteiger partial charge is 0.370 e. The highest BCUT2D eigenvalue weighted by Gasteiger charge is 2.14. The van der Waals surface area contributed by atoms with Gasteiger partial charge in [0.15, 0.2) is 0 Å². The molecule has 3 heteroatoms. The number of nitriles is 1. The number of nitrogens with zero attached hydrogens (tertiary/aromatic N) is 2. The van der Waals surface area contributed by atoms with E-state index in [0.29, 0.717) is 11.8 Å². The fourth-order valence-electron chi connectivity index (χ4n) is 2.42. The lowest BCUT2D eigenvalue weighted by atomic mass is 10.1. The van der Waals surface area contributed by atoms with Gasteiger partial charge in [-0.15, -0.1) is 0 Å². The first-order valence-corrected chi connectivity index (χ1v) is 7.40. The van der Waals surface area contributed by atoms with Gasteiger partial charge in [0.25, 0.3) is 0 Å². The lowest BCUT2D eigenvalue weighted by Gasteiger charge is -2.29. The highest BCUT2D eigenvalue weighted by molar-refractivity contribution is 5.60. The molecule has 1 aromatic carbocycles. The van der Waals surface area contributed by atoms with Gasteiger partial charge in [0.05, 0.1) is 11.3 Å². The van der Waals surface area contributed by atoms with Gasteiger partial charge in [-0.25, -0.2) is 0 Å². The summed E-state index contributed by atoms with van der Waals surface area (Å²) in [5, 5.41) is 12.6. The van der Waals surface area contributed by atoms with E-state index in [-0.39, 0.29) is 0 Å². The lowest BCUT2D eigenvalue weighted by Crippen LogP contribution is -2.32. The topological polar surface area (TPSA) is 39.1 Å². The zero-order valence-electron chi connectivity index (χ0n) is 13.4. The Balaban J connectivity index is 3.08. The van der Waals surface area contributed by atoms with Crippen LogP contribution in [-0.2, 0) is 6.54 Å². The van der Waals surface area contributed by atoms with Crippen LogP contribution < -0.4 is 10.2 Å². The third-order valence-electron chi connectivity index (χ3n) is 3.07. The van der Waals surface area contributed by atoms with Crippen molar-refractivity contribution in [3.63, 3.8) is 0 Å². The summed E-state index contributed by atoms with van der Waals surface area (Å²) in [4.78, 5) is 2.34. The second-order valence-electron chi connectivity index (χ2n) is 6.19. The van der Waals surface area contributed by atoms with E-state index in [1.165, 1.54) is 0 Å². The Labute approximate surface area is 123 Å². The zero-order chi connectivity index (χ0) is 15.1. The maximum Gasteiger partial charge on any atom is 0.101 e. The van der Waals surface area contributed by atoms with Gasteiger partial charge in [0.2, 0.25) is 0 Å². The first-order chi connectivity index (χ1) is 9.47. The van der Waals surface area contributed by atoms with E-state index < -0.39 is 0 Å². The summed E-state index contributed by atoms with van der Waals surface area (Å²) in [5.74, 6) is 1.16. The SMILES string of the molecule is CNCc1ccc(N(CC(C)C)CC(C)C)c(C#N)c1. The van der Waals surface area contributed by atoms with Gasteiger partial charge in [-0.05, 0) is 36.6 Å². The quantitative estimate of drug-likeness (QED) is 0.827. The summed E-state index contributed by atoms with van der Waals surface area (Å²) >= 11 is 0. The Morgan fingerprint density at radius 2 is 1.75 bits per heavy atom. The Hall–Kier alpha value is -1.53. The zero-order valence-corrected chi connectivity index (χ0v) is 13.4. The van der Waals surface area contributed by atoms with Gasteiger partial charge in [0, 0.05) is 19.6 Å².